The van der Waals surface area contributed by atoms with E-state index in [0.717, 1.165) is 16.7 Å². The Morgan fingerprint density at radius 3 is 0.836 bits per heavy atom. The molecule has 0 amide bonds. The maximum atomic E-state index is 14.3. The van der Waals surface area contributed by atoms with E-state index in [-0.39, 0.29) is 45.2 Å². The van der Waals surface area contributed by atoms with Gasteiger partial charge in [0.15, 0.2) is 28.9 Å². The standard InChI is InChI=1S/C50H34O5/c1-2-45(33-15-6-3-7-16-33)36-21-12-22-37(27-36)48(53)42-30-43(49(54)40-25-13-23-38(28-40)46(51)34-17-8-4-9-18-34)32-44(31-42)50(55)41-26-14-24-39(29-41)47(52)35-19-10-5-11-20-35/h2-32H,1H3. The fourth-order valence-corrected chi connectivity index (χ4v) is 6.58. The third kappa shape index (κ3) is 7.87. The van der Waals surface area contributed by atoms with Crippen LogP contribution in [-0.2, 0) is 0 Å². The molecule has 0 atom stereocenters. The van der Waals surface area contributed by atoms with Crippen LogP contribution in [0.25, 0.3) is 5.57 Å². The Balaban J connectivity index is 1.29. The van der Waals surface area contributed by atoms with E-state index >= 15 is 0 Å². The average Bonchev–Trinajstić information content (AvgIpc) is 3.26. The molecule has 0 aromatic heterocycles. The van der Waals surface area contributed by atoms with E-state index in [0.29, 0.717) is 27.8 Å². The van der Waals surface area contributed by atoms with Gasteiger partial charge in [0.05, 0.1) is 0 Å². The van der Waals surface area contributed by atoms with Crippen LogP contribution in [0.5, 0.6) is 0 Å². The molecule has 0 saturated carbocycles. The summed E-state index contributed by atoms with van der Waals surface area (Å²) in [5, 5.41) is 0. The van der Waals surface area contributed by atoms with Crippen molar-refractivity contribution in [3.05, 3.63) is 255 Å². The highest BCUT2D eigenvalue weighted by atomic mass is 16.1. The minimum Gasteiger partial charge on any atom is -0.289 e. The summed E-state index contributed by atoms with van der Waals surface area (Å²) in [6, 6.07) is 51.9. The fourth-order valence-electron chi connectivity index (χ4n) is 6.58. The molecular formula is C50H34O5. The lowest BCUT2D eigenvalue weighted by Crippen LogP contribution is -2.12. The van der Waals surface area contributed by atoms with E-state index in [1.54, 1.807) is 103 Å². The van der Waals surface area contributed by atoms with Crippen molar-refractivity contribution in [2.75, 3.05) is 0 Å². The van der Waals surface area contributed by atoms with E-state index in [2.05, 4.69) is 0 Å². The first-order valence-electron chi connectivity index (χ1n) is 17.8. The van der Waals surface area contributed by atoms with Crippen molar-refractivity contribution in [2.24, 2.45) is 0 Å². The van der Waals surface area contributed by atoms with Crippen LogP contribution in [0.15, 0.2) is 188 Å². The van der Waals surface area contributed by atoms with E-state index in [1.807, 2.05) is 61.5 Å². The Morgan fingerprint density at radius 1 is 0.273 bits per heavy atom. The molecule has 0 spiro atoms. The van der Waals surface area contributed by atoms with E-state index in [4.69, 9.17) is 0 Å². The zero-order chi connectivity index (χ0) is 38.3. The predicted octanol–water partition coefficient (Wildman–Crippen LogP) is 10.3. The van der Waals surface area contributed by atoms with E-state index in [1.165, 1.54) is 30.3 Å². The number of hydrogen-bond donors (Lipinski definition) is 0. The van der Waals surface area contributed by atoms with Crippen molar-refractivity contribution < 1.29 is 24.0 Å². The van der Waals surface area contributed by atoms with E-state index < -0.39 is 11.6 Å². The smallest absolute Gasteiger partial charge is 0.193 e. The van der Waals surface area contributed by atoms with Crippen LogP contribution in [-0.4, -0.2) is 28.9 Å². The quantitative estimate of drug-likeness (QED) is 0.118. The van der Waals surface area contributed by atoms with Gasteiger partial charge in [-0.1, -0.05) is 152 Å². The van der Waals surface area contributed by atoms with Gasteiger partial charge in [0.2, 0.25) is 0 Å². The third-order valence-electron chi connectivity index (χ3n) is 9.37. The summed E-state index contributed by atoms with van der Waals surface area (Å²) in [6.45, 7) is 1.94. The number of rotatable bonds is 12. The molecule has 7 aromatic rings. The van der Waals surface area contributed by atoms with Crippen LogP contribution in [0, 0.1) is 0 Å². The number of allylic oxidation sites excluding steroid dienone is 1. The van der Waals surface area contributed by atoms with Gasteiger partial charge in [-0.3, -0.25) is 24.0 Å². The highest BCUT2D eigenvalue weighted by Crippen LogP contribution is 2.27. The SMILES string of the molecule is CC=C(c1ccccc1)c1cccc(C(=O)c2cc(C(=O)c3cccc(C(=O)c4ccccc4)c3)cc(C(=O)c3cccc(C(=O)c4ccccc4)c3)c2)c1. The zero-order valence-electron chi connectivity index (χ0n) is 29.9. The molecule has 0 radical (unpaired) electrons. The lowest BCUT2D eigenvalue weighted by atomic mass is 9.90. The maximum absolute atomic E-state index is 14.3. The molecule has 0 fully saturated rings. The first kappa shape index (κ1) is 36.0. The summed E-state index contributed by atoms with van der Waals surface area (Å²) in [5.74, 6) is -1.79. The van der Waals surface area contributed by atoms with Crippen molar-refractivity contribution in [3.63, 3.8) is 0 Å². The minimum absolute atomic E-state index is 0.101. The number of benzene rings is 7. The minimum atomic E-state index is -0.464. The van der Waals surface area contributed by atoms with Crippen LogP contribution >= 0.6 is 0 Å². The van der Waals surface area contributed by atoms with Gasteiger partial charge in [0, 0.05) is 55.6 Å². The topological polar surface area (TPSA) is 85.3 Å². The monoisotopic (exact) mass is 714 g/mol. The van der Waals surface area contributed by atoms with Gasteiger partial charge < -0.3 is 0 Å². The van der Waals surface area contributed by atoms with Crippen LogP contribution in [0.2, 0.25) is 0 Å². The molecule has 0 aliphatic heterocycles. The lowest BCUT2D eigenvalue weighted by Gasteiger charge is -2.12. The number of ketones is 5. The Bertz CT molecular complexity index is 2490. The molecule has 0 aliphatic carbocycles. The number of hydrogen-bond acceptors (Lipinski definition) is 5. The molecule has 7 rings (SSSR count). The van der Waals surface area contributed by atoms with Gasteiger partial charge in [0.1, 0.15) is 0 Å². The van der Waals surface area contributed by atoms with Gasteiger partial charge in [-0.15, -0.1) is 0 Å². The van der Waals surface area contributed by atoms with Crippen molar-refractivity contribution in [2.45, 2.75) is 6.92 Å². The van der Waals surface area contributed by atoms with Gasteiger partial charge in [-0.25, -0.2) is 0 Å². The van der Waals surface area contributed by atoms with Crippen LogP contribution in [0.4, 0.5) is 0 Å². The molecule has 7 aromatic carbocycles. The highest BCUT2D eigenvalue weighted by Gasteiger charge is 2.22. The van der Waals surface area contributed by atoms with Crippen molar-refractivity contribution >= 4 is 34.5 Å². The fraction of sp³-hybridized carbons (Fsp3) is 0.0200. The molecular weight excluding hydrogens is 681 g/mol. The van der Waals surface area contributed by atoms with Gasteiger partial charge >= 0.3 is 0 Å². The molecule has 55 heavy (non-hydrogen) atoms. The summed E-state index contributed by atoms with van der Waals surface area (Å²) >= 11 is 0. The number of carbonyl (C=O) groups excluding carboxylic acids is 5. The third-order valence-corrected chi connectivity index (χ3v) is 9.37. The largest absolute Gasteiger partial charge is 0.289 e. The van der Waals surface area contributed by atoms with Gasteiger partial charge in [-0.05, 0) is 60.0 Å². The van der Waals surface area contributed by atoms with Gasteiger partial charge in [0.25, 0.3) is 0 Å². The molecule has 0 unspecified atom stereocenters. The Hall–Kier alpha value is -7.37. The summed E-state index contributed by atoms with van der Waals surface area (Å²) in [6.07, 6.45) is 1.99. The Labute approximate surface area is 319 Å². The van der Waals surface area contributed by atoms with Crippen molar-refractivity contribution in [3.8, 4) is 0 Å². The van der Waals surface area contributed by atoms with Crippen molar-refractivity contribution in [1.82, 2.24) is 0 Å². The lowest BCUT2D eigenvalue weighted by molar-refractivity contribution is 0.102. The normalized spacial score (nSPS) is 11.1. The molecule has 264 valence electrons. The second-order valence-electron chi connectivity index (χ2n) is 13.0. The highest BCUT2D eigenvalue weighted by molar-refractivity contribution is 6.19. The maximum Gasteiger partial charge on any atom is 0.193 e. The Morgan fingerprint density at radius 2 is 0.509 bits per heavy atom. The van der Waals surface area contributed by atoms with Crippen LogP contribution in [0.3, 0.4) is 0 Å². The second-order valence-corrected chi connectivity index (χ2v) is 13.0. The predicted molar refractivity (Wildman–Crippen MR) is 215 cm³/mol. The average molecular weight is 715 g/mol. The summed E-state index contributed by atoms with van der Waals surface area (Å²) in [7, 11) is 0. The first-order chi connectivity index (χ1) is 26.8. The van der Waals surface area contributed by atoms with Crippen LogP contribution < -0.4 is 0 Å². The molecule has 0 N–H and O–H groups in total. The molecule has 0 aliphatic rings. The Kier molecular flexibility index (Phi) is 10.5. The molecule has 0 heterocycles. The number of carbonyl (C=O) groups is 5. The molecule has 0 saturated heterocycles. The summed E-state index contributed by atoms with van der Waals surface area (Å²) < 4.78 is 0. The van der Waals surface area contributed by atoms with Crippen LogP contribution in [0.1, 0.15) is 97.7 Å². The van der Waals surface area contributed by atoms with E-state index in [9.17, 15) is 24.0 Å². The molecule has 0 bridgehead atoms. The molecule has 5 nitrogen and oxygen atoms in total. The zero-order valence-corrected chi connectivity index (χ0v) is 29.9. The summed E-state index contributed by atoms with van der Waals surface area (Å²) in [4.78, 5) is 69.4. The van der Waals surface area contributed by atoms with Crippen molar-refractivity contribution in [1.29, 1.82) is 0 Å². The molecule has 5 heteroatoms. The first-order valence-corrected chi connectivity index (χ1v) is 17.8. The second kappa shape index (κ2) is 16.1. The summed E-state index contributed by atoms with van der Waals surface area (Å²) in [5.41, 5.74) is 5.57. The van der Waals surface area contributed by atoms with Gasteiger partial charge in [-0.2, -0.15) is 0 Å².